The predicted octanol–water partition coefficient (Wildman–Crippen LogP) is 1.70. The third kappa shape index (κ3) is 7.18. The maximum Gasteiger partial charge on any atom is 0.257 e. The van der Waals surface area contributed by atoms with Gasteiger partial charge in [0.15, 0.2) is 0 Å². The van der Waals surface area contributed by atoms with E-state index >= 15 is 0 Å². The Kier molecular flexibility index (Phi) is 10.1. The summed E-state index contributed by atoms with van der Waals surface area (Å²) in [6.45, 7) is 9.85. The molecule has 2 heterocycles. The molecule has 0 unspecified atom stereocenters. The van der Waals surface area contributed by atoms with Crippen molar-refractivity contribution in [2.45, 2.75) is 39.3 Å². The number of hydrogen-bond acceptors (Lipinski definition) is 7. The van der Waals surface area contributed by atoms with Crippen molar-refractivity contribution in [2.75, 3.05) is 72.0 Å². The fourth-order valence-electron chi connectivity index (χ4n) is 4.49. The Morgan fingerprint density at radius 3 is 2.56 bits per heavy atom. The van der Waals surface area contributed by atoms with E-state index in [1.807, 2.05) is 18.7 Å². The lowest BCUT2D eigenvalue weighted by Gasteiger charge is -2.37. The molecule has 0 saturated carbocycles. The molecular weight excluding hydrogens is 464 g/mol. The molecule has 1 aromatic carbocycles. The molecular formula is C26H40N4O6. The molecule has 3 atom stereocenters. The molecule has 3 rings (SSSR count). The molecule has 1 fully saturated rings. The van der Waals surface area contributed by atoms with E-state index in [2.05, 4.69) is 10.2 Å². The molecule has 200 valence electrons. The number of morpholine rings is 1. The Balaban J connectivity index is 1.89. The number of ether oxygens (including phenoxy) is 3. The minimum atomic E-state index is -0.253. The molecule has 10 nitrogen and oxygen atoms in total. The number of benzene rings is 1. The third-order valence-electron chi connectivity index (χ3n) is 6.83. The number of hydrogen-bond donors (Lipinski definition) is 1. The average Bonchev–Trinajstić information content (AvgIpc) is 2.88. The Bertz CT molecular complexity index is 920. The lowest BCUT2D eigenvalue weighted by Crippen LogP contribution is -2.52. The molecule has 3 amide bonds. The molecule has 0 spiro atoms. The Labute approximate surface area is 213 Å². The highest BCUT2D eigenvalue weighted by molar-refractivity contribution is 5.98. The van der Waals surface area contributed by atoms with Gasteiger partial charge < -0.3 is 29.3 Å². The van der Waals surface area contributed by atoms with E-state index in [-0.39, 0.29) is 42.4 Å². The van der Waals surface area contributed by atoms with Gasteiger partial charge in [0.2, 0.25) is 11.8 Å². The topological polar surface area (TPSA) is 101 Å². The Morgan fingerprint density at radius 1 is 1.17 bits per heavy atom. The maximum absolute atomic E-state index is 13.4. The summed E-state index contributed by atoms with van der Waals surface area (Å²) in [6, 6.07) is 4.80. The highest BCUT2D eigenvalue weighted by Crippen LogP contribution is 2.27. The summed E-state index contributed by atoms with van der Waals surface area (Å²) in [5.74, 6) is 0.0702. The van der Waals surface area contributed by atoms with Crippen molar-refractivity contribution >= 4 is 23.4 Å². The molecule has 0 aromatic heterocycles. The third-order valence-corrected chi connectivity index (χ3v) is 6.83. The number of carbonyl (C=O) groups is 3. The number of nitrogens with zero attached hydrogens (tertiary/aromatic N) is 3. The van der Waals surface area contributed by atoms with Crippen LogP contribution in [0.2, 0.25) is 0 Å². The van der Waals surface area contributed by atoms with Crippen LogP contribution in [0.3, 0.4) is 0 Å². The van der Waals surface area contributed by atoms with Crippen LogP contribution in [0.5, 0.6) is 5.75 Å². The number of methoxy groups -OCH3 is 1. The number of amides is 3. The first-order valence-electron chi connectivity index (χ1n) is 12.7. The minimum Gasteiger partial charge on any atom is -0.491 e. The quantitative estimate of drug-likeness (QED) is 0.651. The summed E-state index contributed by atoms with van der Waals surface area (Å²) < 4.78 is 17.3. The van der Waals surface area contributed by atoms with Gasteiger partial charge in [-0.1, -0.05) is 13.8 Å². The molecule has 0 aliphatic carbocycles. The second kappa shape index (κ2) is 13.0. The highest BCUT2D eigenvalue weighted by atomic mass is 16.5. The van der Waals surface area contributed by atoms with Crippen molar-refractivity contribution in [3.63, 3.8) is 0 Å². The Hall–Kier alpha value is -2.69. The smallest absolute Gasteiger partial charge is 0.257 e. The average molecular weight is 505 g/mol. The van der Waals surface area contributed by atoms with Crippen molar-refractivity contribution in [3.8, 4) is 5.75 Å². The maximum atomic E-state index is 13.4. The molecule has 36 heavy (non-hydrogen) atoms. The van der Waals surface area contributed by atoms with E-state index < -0.39 is 0 Å². The zero-order chi connectivity index (χ0) is 26.2. The standard InChI is InChI=1S/C26H40N4O6/c1-6-24(31)27-20-7-8-21-22(13-20)36-17-19(3)30(25(32)16-29-9-11-35-12-10-29)14-18(2)23(34-5)15-28(4)26(21)33/h7-8,13,18-19,23H,6,9-12,14-17H2,1-5H3,(H,27,31)/t18-,19-,23+/m0/s1. The molecule has 0 radical (unpaired) electrons. The van der Waals surface area contributed by atoms with Crippen LogP contribution in [0, 0.1) is 5.92 Å². The summed E-state index contributed by atoms with van der Waals surface area (Å²) in [7, 11) is 3.36. The summed E-state index contributed by atoms with van der Waals surface area (Å²) in [4.78, 5) is 44.2. The number of likely N-dealkylation sites (N-methyl/N-ethyl adjacent to an activating group) is 1. The van der Waals surface area contributed by atoms with Gasteiger partial charge in [-0.2, -0.15) is 0 Å². The van der Waals surface area contributed by atoms with E-state index in [1.54, 1.807) is 44.2 Å². The van der Waals surface area contributed by atoms with E-state index in [4.69, 9.17) is 14.2 Å². The molecule has 1 saturated heterocycles. The van der Waals surface area contributed by atoms with Crippen LogP contribution in [0.4, 0.5) is 5.69 Å². The largest absolute Gasteiger partial charge is 0.491 e. The van der Waals surface area contributed by atoms with Crippen molar-refractivity contribution in [1.29, 1.82) is 0 Å². The number of carbonyl (C=O) groups excluding carboxylic acids is 3. The van der Waals surface area contributed by atoms with Crippen LogP contribution in [-0.4, -0.2) is 111 Å². The SMILES string of the molecule is CCC(=O)Nc1ccc2c(c1)OC[C@H](C)N(C(=O)CN1CCOCC1)C[C@H](C)[C@H](OC)CN(C)C2=O. The van der Waals surface area contributed by atoms with Gasteiger partial charge in [0.05, 0.1) is 37.5 Å². The van der Waals surface area contributed by atoms with Gasteiger partial charge in [-0.3, -0.25) is 19.3 Å². The lowest BCUT2D eigenvalue weighted by atomic mass is 10.0. The number of rotatable bonds is 5. The molecule has 0 bridgehead atoms. The number of nitrogens with one attached hydrogen (secondary N) is 1. The van der Waals surface area contributed by atoms with Gasteiger partial charge in [0, 0.05) is 64.4 Å². The minimum absolute atomic E-state index is 0.00753. The highest BCUT2D eigenvalue weighted by Gasteiger charge is 2.31. The van der Waals surface area contributed by atoms with Gasteiger partial charge in [-0.05, 0) is 19.1 Å². The first-order valence-corrected chi connectivity index (χ1v) is 12.7. The summed E-state index contributed by atoms with van der Waals surface area (Å²) in [5.41, 5.74) is 0.952. The van der Waals surface area contributed by atoms with Gasteiger partial charge >= 0.3 is 0 Å². The Morgan fingerprint density at radius 2 is 1.89 bits per heavy atom. The van der Waals surface area contributed by atoms with Gasteiger partial charge in [-0.25, -0.2) is 0 Å². The summed E-state index contributed by atoms with van der Waals surface area (Å²) in [6.07, 6.45) is 0.0877. The van der Waals surface area contributed by atoms with Gasteiger partial charge in [0.25, 0.3) is 5.91 Å². The van der Waals surface area contributed by atoms with Crippen LogP contribution in [-0.2, 0) is 19.1 Å². The lowest BCUT2D eigenvalue weighted by molar-refractivity contribution is -0.137. The second-order valence-electron chi connectivity index (χ2n) is 9.64. The van der Waals surface area contributed by atoms with E-state index in [9.17, 15) is 14.4 Å². The van der Waals surface area contributed by atoms with Crippen LogP contribution in [0.1, 0.15) is 37.6 Å². The molecule has 1 aromatic rings. The van der Waals surface area contributed by atoms with Crippen molar-refractivity contribution in [3.05, 3.63) is 23.8 Å². The second-order valence-corrected chi connectivity index (χ2v) is 9.64. The van der Waals surface area contributed by atoms with Crippen molar-refractivity contribution < 1.29 is 28.6 Å². The number of anilines is 1. The predicted molar refractivity (Wildman–Crippen MR) is 136 cm³/mol. The zero-order valence-electron chi connectivity index (χ0n) is 22.1. The summed E-state index contributed by atoms with van der Waals surface area (Å²) in [5, 5.41) is 2.82. The number of fused-ring (bicyclic) bond motifs is 1. The van der Waals surface area contributed by atoms with Crippen LogP contribution in [0.15, 0.2) is 18.2 Å². The first kappa shape index (κ1) is 27.9. The van der Waals surface area contributed by atoms with E-state index in [0.29, 0.717) is 56.3 Å². The summed E-state index contributed by atoms with van der Waals surface area (Å²) >= 11 is 0. The van der Waals surface area contributed by atoms with Crippen molar-refractivity contribution in [1.82, 2.24) is 14.7 Å². The molecule has 2 aliphatic rings. The van der Waals surface area contributed by atoms with Gasteiger partial charge in [-0.15, -0.1) is 0 Å². The normalized spacial score (nSPS) is 24.2. The molecule has 1 N–H and O–H groups in total. The van der Waals surface area contributed by atoms with E-state index in [0.717, 1.165) is 13.1 Å². The van der Waals surface area contributed by atoms with E-state index in [1.165, 1.54) is 0 Å². The monoisotopic (exact) mass is 504 g/mol. The fraction of sp³-hybridized carbons (Fsp3) is 0.654. The molecule has 10 heteroatoms. The first-order chi connectivity index (χ1) is 17.2. The van der Waals surface area contributed by atoms with Gasteiger partial charge in [0.1, 0.15) is 12.4 Å². The van der Waals surface area contributed by atoms with Crippen molar-refractivity contribution in [2.24, 2.45) is 5.92 Å². The van der Waals surface area contributed by atoms with Crippen LogP contribution in [0.25, 0.3) is 0 Å². The van der Waals surface area contributed by atoms with Crippen LogP contribution < -0.4 is 10.1 Å². The van der Waals surface area contributed by atoms with Crippen LogP contribution >= 0.6 is 0 Å². The molecule has 2 aliphatic heterocycles. The zero-order valence-corrected chi connectivity index (χ0v) is 22.1. The fourth-order valence-corrected chi connectivity index (χ4v) is 4.49.